The Morgan fingerprint density at radius 3 is 2.95 bits per heavy atom. The van der Waals surface area contributed by atoms with Gasteiger partial charge < -0.3 is 10.0 Å². The Kier molecular flexibility index (Phi) is 4.14. The maximum Gasteiger partial charge on any atom is 0.303 e. The first-order chi connectivity index (χ1) is 9.06. The van der Waals surface area contributed by atoms with Crippen molar-refractivity contribution in [1.29, 1.82) is 0 Å². The Bertz CT molecular complexity index is 487. The van der Waals surface area contributed by atoms with Gasteiger partial charge in [-0.1, -0.05) is 6.07 Å². The number of aromatic nitrogens is 1. The van der Waals surface area contributed by atoms with E-state index in [2.05, 4.69) is 4.98 Å². The van der Waals surface area contributed by atoms with Crippen molar-refractivity contribution in [3.63, 3.8) is 0 Å². The molecule has 1 fully saturated rings. The Labute approximate surface area is 112 Å². The minimum atomic E-state index is -0.798. The fourth-order valence-corrected chi connectivity index (χ4v) is 2.49. The molecule has 1 unspecified atom stereocenters. The number of nitrogens with zero attached hydrogens (tertiary/aromatic N) is 2. The third-order valence-electron chi connectivity index (χ3n) is 3.38. The maximum absolute atomic E-state index is 12.3. The van der Waals surface area contributed by atoms with Crippen LogP contribution in [0.4, 0.5) is 0 Å². The fraction of sp³-hybridized carbons (Fsp3) is 0.500. The molecule has 0 aromatic carbocycles. The van der Waals surface area contributed by atoms with Gasteiger partial charge in [-0.15, -0.1) is 0 Å². The number of carboxylic acid groups (broad SMARTS) is 1. The number of likely N-dealkylation sites (tertiary alicyclic amines) is 1. The Morgan fingerprint density at radius 2 is 2.26 bits per heavy atom. The number of aliphatic carboxylic acids is 1. The number of piperidine rings is 1. The molecule has 2 heterocycles. The molecule has 0 bridgehead atoms. The lowest BCUT2D eigenvalue weighted by molar-refractivity contribution is -0.138. The average Bonchev–Trinajstić information content (AvgIpc) is 2.37. The van der Waals surface area contributed by atoms with Gasteiger partial charge in [-0.25, -0.2) is 4.98 Å². The monoisotopic (exact) mass is 262 g/mol. The van der Waals surface area contributed by atoms with E-state index in [9.17, 15) is 9.59 Å². The number of pyridine rings is 1. The molecule has 0 radical (unpaired) electrons. The first-order valence-corrected chi connectivity index (χ1v) is 6.51. The van der Waals surface area contributed by atoms with Crippen LogP contribution < -0.4 is 0 Å². The summed E-state index contributed by atoms with van der Waals surface area (Å²) in [6, 6.07) is 5.37. The molecule has 102 valence electrons. The first kappa shape index (κ1) is 13.5. The largest absolute Gasteiger partial charge is 0.481 e. The zero-order valence-corrected chi connectivity index (χ0v) is 11.0. The number of carboxylic acids is 1. The molecule has 1 aliphatic rings. The highest BCUT2D eigenvalue weighted by Gasteiger charge is 2.26. The number of rotatable bonds is 3. The average molecular weight is 262 g/mol. The lowest BCUT2D eigenvalue weighted by Gasteiger charge is -2.31. The van der Waals surface area contributed by atoms with E-state index in [0.717, 1.165) is 18.5 Å². The molecule has 0 spiro atoms. The number of hydrogen-bond donors (Lipinski definition) is 1. The molecular formula is C14H18N2O3. The predicted octanol–water partition coefficient (Wildman–Crippen LogP) is 1.72. The summed E-state index contributed by atoms with van der Waals surface area (Å²) in [7, 11) is 0. The second kappa shape index (κ2) is 5.82. The van der Waals surface area contributed by atoms with Gasteiger partial charge in [-0.05, 0) is 37.8 Å². The van der Waals surface area contributed by atoms with Crippen molar-refractivity contribution < 1.29 is 14.7 Å². The Hall–Kier alpha value is -1.91. The molecule has 1 amide bonds. The minimum absolute atomic E-state index is 0.0556. The summed E-state index contributed by atoms with van der Waals surface area (Å²) < 4.78 is 0. The first-order valence-electron chi connectivity index (χ1n) is 6.51. The number of aryl methyl sites for hydroxylation is 1. The molecular weight excluding hydrogens is 244 g/mol. The smallest absolute Gasteiger partial charge is 0.303 e. The van der Waals surface area contributed by atoms with Crippen LogP contribution in [-0.4, -0.2) is 40.0 Å². The third-order valence-corrected chi connectivity index (χ3v) is 3.38. The molecule has 19 heavy (non-hydrogen) atoms. The van der Waals surface area contributed by atoms with Gasteiger partial charge in [0.05, 0.1) is 0 Å². The minimum Gasteiger partial charge on any atom is -0.481 e. The maximum atomic E-state index is 12.3. The molecule has 1 aromatic rings. The number of amides is 1. The standard InChI is InChI=1S/C14H18N2O3/c1-10-4-2-6-12(15-10)14(19)16-7-3-5-11(9-16)8-13(17)18/h2,4,6,11H,3,5,7-9H2,1H3,(H,17,18). The molecule has 1 saturated heterocycles. The van der Waals surface area contributed by atoms with Crippen LogP contribution in [0.1, 0.15) is 35.4 Å². The van der Waals surface area contributed by atoms with Crippen LogP contribution in [0.3, 0.4) is 0 Å². The van der Waals surface area contributed by atoms with Gasteiger partial charge in [0.15, 0.2) is 0 Å². The van der Waals surface area contributed by atoms with Crippen LogP contribution in [0, 0.1) is 12.8 Å². The molecule has 5 heteroatoms. The molecule has 1 aromatic heterocycles. The Morgan fingerprint density at radius 1 is 1.47 bits per heavy atom. The van der Waals surface area contributed by atoms with Crippen molar-refractivity contribution in [1.82, 2.24) is 9.88 Å². The van der Waals surface area contributed by atoms with Crippen LogP contribution in [-0.2, 0) is 4.79 Å². The predicted molar refractivity (Wildman–Crippen MR) is 69.9 cm³/mol. The van der Waals surface area contributed by atoms with Crippen LogP contribution in [0.25, 0.3) is 0 Å². The van der Waals surface area contributed by atoms with E-state index in [1.165, 1.54) is 0 Å². The van der Waals surface area contributed by atoms with Crippen molar-refractivity contribution >= 4 is 11.9 Å². The van der Waals surface area contributed by atoms with Gasteiger partial charge in [0.2, 0.25) is 0 Å². The van der Waals surface area contributed by atoms with Gasteiger partial charge in [0.1, 0.15) is 5.69 Å². The van der Waals surface area contributed by atoms with Gasteiger partial charge >= 0.3 is 5.97 Å². The normalized spacial score (nSPS) is 19.2. The van der Waals surface area contributed by atoms with Crippen molar-refractivity contribution in [3.8, 4) is 0 Å². The molecule has 0 aliphatic carbocycles. The lowest BCUT2D eigenvalue weighted by atomic mass is 9.94. The van der Waals surface area contributed by atoms with Crippen LogP contribution in [0.15, 0.2) is 18.2 Å². The number of carbonyl (C=O) groups is 2. The highest BCUT2D eigenvalue weighted by Crippen LogP contribution is 2.20. The summed E-state index contributed by atoms with van der Waals surface area (Å²) in [5.41, 5.74) is 1.25. The molecule has 1 N–H and O–H groups in total. The number of hydrogen-bond acceptors (Lipinski definition) is 3. The van der Waals surface area contributed by atoms with Gasteiger partial charge in [-0.2, -0.15) is 0 Å². The highest BCUT2D eigenvalue weighted by atomic mass is 16.4. The lowest BCUT2D eigenvalue weighted by Crippen LogP contribution is -2.40. The Balaban J connectivity index is 2.04. The topological polar surface area (TPSA) is 70.5 Å². The van der Waals surface area contributed by atoms with E-state index in [4.69, 9.17) is 5.11 Å². The van der Waals surface area contributed by atoms with Crippen LogP contribution >= 0.6 is 0 Å². The van der Waals surface area contributed by atoms with E-state index >= 15 is 0 Å². The van der Waals surface area contributed by atoms with Crippen molar-refractivity contribution in [2.75, 3.05) is 13.1 Å². The zero-order valence-electron chi connectivity index (χ0n) is 11.0. The summed E-state index contributed by atoms with van der Waals surface area (Å²) in [4.78, 5) is 29.0. The summed E-state index contributed by atoms with van der Waals surface area (Å²) in [5.74, 6) is -0.841. The van der Waals surface area contributed by atoms with E-state index in [1.807, 2.05) is 19.1 Å². The second-order valence-electron chi connectivity index (χ2n) is 5.02. The zero-order chi connectivity index (χ0) is 13.8. The third kappa shape index (κ3) is 3.53. The molecule has 1 aliphatic heterocycles. The SMILES string of the molecule is Cc1cccc(C(=O)N2CCCC(CC(=O)O)C2)n1. The summed E-state index contributed by atoms with van der Waals surface area (Å²) in [5, 5.41) is 8.83. The summed E-state index contributed by atoms with van der Waals surface area (Å²) in [6.07, 6.45) is 1.86. The van der Waals surface area contributed by atoms with E-state index in [0.29, 0.717) is 18.8 Å². The van der Waals surface area contributed by atoms with E-state index in [-0.39, 0.29) is 18.2 Å². The van der Waals surface area contributed by atoms with Crippen LogP contribution in [0.2, 0.25) is 0 Å². The highest BCUT2D eigenvalue weighted by molar-refractivity contribution is 5.92. The molecule has 5 nitrogen and oxygen atoms in total. The van der Waals surface area contributed by atoms with Gasteiger partial charge in [0, 0.05) is 25.2 Å². The van der Waals surface area contributed by atoms with E-state index < -0.39 is 5.97 Å². The number of carbonyl (C=O) groups excluding carboxylic acids is 1. The van der Waals surface area contributed by atoms with Crippen LogP contribution in [0.5, 0.6) is 0 Å². The fourth-order valence-electron chi connectivity index (χ4n) is 2.49. The molecule has 1 atom stereocenters. The van der Waals surface area contributed by atoms with Gasteiger partial charge in [-0.3, -0.25) is 9.59 Å². The quantitative estimate of drug-likeness (QED) is 0.900. The second-order valence-corrected chi connectivity index (χ2v) is 5.02. The molecule has 0 saturated carbocycles. The molecule has 2 rings (SSSR count). The van der Waals surface area contributed by atoms with Gasteiger partial charge in [0.25, 0.3) is 5.91 Å². The summed E-state index contributed by atoms with van der Waals surface area (Å²) >= 11 is 0. The summed E-state index contributed by atoms with van der Waals surface area (Å²) in [6.45, 7) is 3.05. The van der Waals surface area contributed by atoms with Crippen molar-refractivity contribution in [3.05, 3.63) is 29.6 Å². The van der Waals surface area contributed by atoms with E-state index in [1.54, 1.807) is 11.0 Å². The van der Waals surface area contributed by atoms with Crippen molar-refractivity contribution in [2.45, 2.75) is 26.2 Å². The van der Waals surface area contributed by atoms with Crippen molar-refractivity contribution in [2.24, 2.45) is 5.92 Å².